The zero-order chi connectivity index (χ0) is 11.4. The second-order valence-electron chi connectivity index (χ2n) is 4.91. The van der Waals surface area contributed by atoms with Gasteiger partial charge in [0, 0.05) is 11.9 Å². The first-order valence-corrected chi connectivity index (χ1v) is 7.22. The molecule has 92 valence electrons. The van der Waals surface area contributed by atoms with Crippen LogP contribution in [0.3, 0.4) is 0 Å². The highest BCUT2D eigenvalue weighted by Crippen LogP contribution is 2.41. The molecule has 4 heteroatoms. The van der Waals surface area contributed by atoms with E-state index in [0.717, 1.165) is 19.4 Å². The molecule has 1 N–H and O–H groups in total. The summed E-state index contributed by atoms with van der Waals surface area (Å²) in [5, 5.41) is 9.18. The van der Waals surface area contributed by atoms with Crippen molar-refractivity contribution in [2.75, 3.05) is 12.4 Å². The Morgan fingerprint density at radius 1 is 1.38 bits per heavy atom. The second-order valence-corrected chi connectivity index (χ2v) is 6.20. The number of carboxylic acids is 1. The lowest BCUT2D eigenvalue weighted by Gasteiger charge is -2.43. The lowest BCUT2D eigenvalue weighted by Crippen LogP contribution is -2.42. The number of ether oxygens (including phenoxy) is 1. The fourth-order valence-corrected chi connectivity index (χ4v) is 3.92. The van der Waals surface area contributed by atoms with Crippen molar-refractivity contribution < 1.29 is 14.6 Å². The number of rotatable bonds is 3. The Hall–Kier alpha value is -0.220. The topological polar surface area (TPSA) is 46.5 Å². The minimum absolute atomic E-state index is 0.104. The van der Waals surface area contributed by atoms with Gasteiger partial charge in [0.2, 0.25) is 0 Å². The van der Waals surface area contributed by atoms with Crippen LogP contribution in [0.5, 0.6) is 0 Å². The van der Waals surface area contributed by atoms with Gasteiger partial charge in [-0.1, -0.05) is 19.3 Å². The first-order chi connectivity index (χ1) is 7.70. The number of hydrogen-bond acceptors (Lipinski definition) is 3. The van der Waals surface area contributed by atoms with Crippen molar-refractivity contribution in [2.24, 2.45) is 0 Å². The predicted octanol–water partition coefficient (Wildman–Crippen LogP) is 2.69. The molecule has 0 radical (unpaired) electrons. The van der Waals surface area contributed by atoms with Gasteiger partial charge in [-0.05, 0) is 25.7 Å². The highest BCUT2D eigenvalue weighted by molar-refractivity contribution is 8.00. The third-order valence-corrected chi connectivity index (χ3v) is 4.94. The Labute approximate surface area is 101 Å². The van der Waals surface area contributed by atoms with Gasteiger partial charge in [0.1, 0.15) is 0 Å². The van der Waals surface area contributed by atoms with Gasteiger partial charge in [0.25, 0.3) is 0 Å². The van der Waals surface area contributed by atoms with Gasteiger partial charge in [-0.2, -0.15) is 0 Å². The van der Waals surface area contributed by atoms with E-state index in [1.807, 2.05) is 0 Å². The van der Waals surface area contributed by atoms with Crippen molar-refractivity contribution in [1.82, 2.24) is 0 Å². The first-order valence-electron chi connectivity index (χ1n) is 6.18. The smallest absolute Gasteiger partial charge is 0.313 e. The summed E-state index contributed by atoms with van der Waals surface area (Å²) < 4.78 is 5.98. The predicted molar refractivity (Wildman–Crippen MR) is 64.9 cm³/mol. The van der Waals surface area contributed by atoms with Crippen molar-refractivity contribution in [3.8, 4) is 0 Å². The van der Waals surface area contributed by atoms with E-state index in [1.54, 1.807) is 11.8 Å². The average Bonchev–Trinajstić information content (AvgIpc) is 2.28. The van der Waals surface area contributed by atoms with E-state index < -0.39 is 5.97 Å². The Bertz CT molecular complexity index is 243. The van der Waals surface area contributed by atoms with E-state index in [-0.39, 0.29) is 11.4 Å². The van der Waals surface area contributed by atoms with Crippen molar-refractivity contribution >= 4 is 17.7 Å². The fourth-order valence-electron chi connectivity index (χ4n) is 2.86. The summed E-state index contributed by atoms with van der Waals surface area (Å²) in [5.74, 6) is -0.463. The molecule has 2 aliphatic rings. The van der Waals surface area contributed by atoms with Gasteiger partial charge >= 0.3 is 5.97 Å². The monoisotopic (exact) mass is 244 g/mol. The SMILES string of the molecule is O=C(O)CSC1CCOC2(CCCCC2)C1. The van der Waals surface area contributed by atoms with E-state index in [0.29, 0.717) is 5.25 Å². The number of carbonyl (C=O) groups is 1. The Morgan fingerprint density at radius 2 is 2.12 bits per heavy atom. The van der Waals surface area contributed by atoms with E-state index in [1.165, 1.54) is 32.1 Å². The molecule has 2 fully saturated rings. The zero-order valence-corrected chi connectivity index (χ0v) is 10.4. The molecule has 1 atom stereocenters. The van der Waals surface area contributed by atoms with Crippen LogP contribution in [0.1, 0.15) is 44.9 Å². The van der Waals surface area contributed by atoms with Crippen LogP contribution < -0.4 is 0 Å². The molecule has 1 saturated heterocycles. The molecule has 1 spiro atoms. The Kier molecular flexibility index (Phi) is 4.14. The van der Waals surface area contributed by atoms with Crippen LogP contribution >= 0.6 is 11.8 Å². The zero-order valence-electron chi connectivity index (χ0n) is 9.61. The highest BCUT2D eigenvalue weighted by Gasteiger charge is 2.38. The minimum atomic E-state index is -0.700. The van der Waals surface area contributed by atoms with Crippen LogP contribution in [0, 0.1) is 0 Å². The van der Waals surface area contributed by atoms with Gasteiger partial charge in [-0.3, -0.25) is 4.79 Å². The lowest BCUT2D eigenvalue weighted by molar-refractivity contribution is -0.134. The van der Waals surface area contributed by atoms with Gasteiger partial charge in [0.15, 0.2) is 0 Å². The third kappa shape index (κ3) is 3.14. The lowest BCUT2D eigenvalue weighted by atomic mass is 9.80. The molecule has 1 aliphatic carbocycles. The molecule has 2 rings (SSSR count). The fraction of sp³-hybridized carbons (Fsp3) is 0.917. The molecule has 1 aliphatic heterocycles. The molecule has 0 aromatic heterocycles. The second kappa shape index (κ2) is 5.41. The number of carboxylic acid groups (broad SMARTS) is 1. The summed E-state index contributed by atoms with van der Waals surface area (Å²) in [4.78, 5) is 10.6. The molecule has 0 bridgehead atoms. The molecule has 3 nitrogen and oxygen atoms in total. The Morgan fingerprint density at radius 3 is 2.81 bits per heavy atom. The molecule has 0 aromatic rings. The standard InChI is InChI=1S/C12H20O3S/c13-11(14)9-16-10-4-7-15-12(8-10)5-2-1-3-6-12/h10H,1-9H2,(H,13,14). The van der Waals surface area contributed by atoms with Gasteiger partial charge < -0.3 is 9.84 Å². The maximum Gasteiger partial charge on any atom is 0.313 e. The Balaban J connectivity index is 1.85. The summed E-state index contributed by atoms with van der Waals surface area (Å²) >= 11 is 1.59. The van der Waals surface area contributed by atoms with Gasteiger partial charge in [0.05, 0.1) is 11.4 Å². The molecule has 1 saturated carbocycles. The summed E-state index contributed by atoms with van der Waals surface area (Å²) in [6.45, 7) is 0.817. The molecule has 1 heterocycles. The maximum atomic E-state index is 10.6. The molecular formula is C12H20O3S. The number of thioether (sulfide) groups is 1. The normalized spacial score (nSPS) is 29.1. The van der Waals surface area contributed by atoms with Gasteiger partial charge in [-0.15, -0.1) is 11.8 Å². The van der Waals surface area contributed by atoms with Crippen molar-refractivity contribution in [2.45, 2.75) is 55.8 Å². The van der Waals surface area contributed by atoms with Crippen LogP contribution in [0.15, 0.2) is 0 Å². The maximum absolute atomic E-state index is 10.6. The molecule has 0 aromatic carbocycles. The van der Waals surface area contributed by atoms with Gasteiger partial charge in [-0.25, -0.2) is 0 Å². The van der Waals surface area contributed by atoms with Crippen molar-refractivity contribution in [1.29, 1.82) is 0 Å². The van der Waals surface area contributed by atoms with Crippen molar-refractivity contribution in [3.05, 3.63) is 0 Å². The van der Waals surface area contributed by atoms with Crippen LogP contribution in [0.25, 0.3) is 0 Å². The summed E-state index contributed by atoms with van der Waals surface area (Å²) in [6.07, 6.45) is 8.31. The summed E-state index contributed by atoms with van der Waals surface area (Å²) in [7, 11) is 0. The first kappa shape index (κ1) is 12.2. The number of aliphatic carboxylic acids is 1. The molecule has 16 heavy (non-hydrogen) atoms. The third-order valence-electron chi connectivity index (χ3n) is 3.66. The summed E-state index contributed by atoms with van der Waals surface area (Å²) in [6, 6.07) is 0. The van der Waals surface area contributed by atoms with Crippen LogP contribution in [0.4, 0.5) is 0 Å². The van der Waals surface area contributed by atoms with Crippen LogP contribution in [-0.2, 0) is 9.53 Å². The average molecular weight is 244 g/mol. The summed E-state index contributed by atoms with van der Waals surface area (Å²) in [5.41, 5.74) is 0.104. The van der Waals surface area contributed by atoms with Crippen molar-refractivity contribution in [3.63, 3.8) is 0 Å². The molecule has 0 amide bonds. The number of hydrogen-bond donors (Lipinski definition) is 1. The van der Waals surface area contributed by atoms with E-state index in [9.17, 15) is 4.79 Å². The molecular weight excluding hydrogens is 224 g/mol. The quantitative estimate of drug-likeness (QED) is 0.829. The van der Waals surface area contributed by atoms with E-state index >= 15 is 0 Å². The highest BCUT2D eigenvalue weighted by atomic mass is 32.2. The van der Waals surface area contributed by atoms with E-state index in [4.69, 9.17) is 9.84 Å². The minimum Gasteiger partial charge on any atom is -0.481 e. The van der Waals surface area contributed by atoms with Crippen LogP contribution in [0.2, 0.25) is 0 Å². The largest absolute Gasteiger partial charge is 0.481 e. The van der Waals surface area contributed by atoms with Crippen LogP contribution in [-0.4, -0.2) is 34.3 Å². The van der Waals surface area contributed by atoms with E-state index in [2.05, 4.69) is 0 Å². The molecule has 1 unspecified atom stereocenters.